The molecule has 3 amide bonds. The van der Waals surface area contributed by atoms with Crippen molar-refractivity contribution in [2.75, 3.05) is 10.6 Å². The number of thiazole rings is 1. The number of para-hydroxylation sites is 1. The average Bonchev–Trinajstić information content (AvgIpc) is 3.44. The van der Waals surface area contributed by atoms with E-state index in [-0.39, 0.29) is 36.4 Å². The molecule has 0 spiro atoms. The highest BCUT2D eigenvalue weighted by Gasteiger charge is 2.44. The Morgan fingerprint density at radius 2 is 1.84 bits per heavy atom. The Morgan fingerprint density at radius 3 is 2.54 bits per heavy atom. The fraction of sp³-hybridized carbons (Fsp3) is 0.357. The molecule has 2 aromatic carbocycles. The van der Waals surface area contributed by atoms with Gasteiger partial charge < -0.3 is 20.6 Å². The van der Waals surface area contributed by atoms with Gasteiger partial charge in [0.15, 0.2) is 0 Å². The fourth-order valence-corrected chi connectivity index (χ4v) is 5.74. The summed E-state index contributed by atoms with van der Waals surface area (Å²) >= 11 is 1.49. The Hall–Kier alpha value is -3.72. The number of anilines is 2. The minimum Gasteiger partial charge on any atom is -0.481 e. The third-order valence-electron chi connectivity index (χ3n) is 6.66. The summed E-state index contributed by atoms with van der Waals surface area (Å²) in [7, 11) is 0. The SMILES string of the molecule is Cc1ccccc1NC(=O)Nc1ccc(CC(=O)N2C(c3ncc(CCC(=O)O)s3)CCC2(C)C)cc1. The summed E-state index contributed by atoms with van der Waals surface area (Å²) in [5.74, 6) is -0.810. The van der Waals surface area contributed by atoms with E-state index in [4.69, 9.17) is 5.11 Å². The summed E-state index contributed by atoms with van der Waals surface area (Å²) in [4.78, 5) is 44.2. The number of aryl methyl sites for hydroxylation is 2. The molecule has 0 radical (unpaired) electrons. The number of amides is 3. The first-order valence-corrected chi connectivity index (χ1v) is 13.2. The number of likely N-dealkylation sites (tertiary alicyclic amines) is 1. The molecule has 1 unspecified atom stereocenters. The van der Waals surface area contributed by atoms with E-state index < -0.39 is 5.97 Å². The fourth-order valence-electron chi connectivity index (χ4n) is 4.69. The van der Waals surface area contributed by atoms with Crippen molar-refractivity contribution < 1.29 is 19.5 Å². The van der Waals surface area contributed by atoms with E-state index in [1.165, 1.54) is 11.3 Å². The molecule has 3 aromatic rings. The molecule has 4 rings (SSSR count). The normalized spacial score (nSPS) is 16.4. The highest BCUT2D eigenvalue weighted by atomic mass is 32.1. The van der Waals surface area contributed by atoms with Crippen molar-refractivity contribution in [3.05, 3.63) is 75.7 Å². The van der Waals surface area contributed by atoms with Crippen molar-refractivity contribution in [2.45, 2.75) is 64.5 Å². The average molecular weight is 521 g/mol. The lowest BCUT2D eigenvalue weighted by molar-refractivity contribution is -0.137. The first kappa shape index (κ1) is 26.3. The molecule has 0 aliphatic carbocycles. The number of urea groups is 1. The lowest BCUT2D eigenvalue weighted by Crippen LogP contribution is -2.44. The highest BCUT2D eigenvalue weighted by Crippen LogP contribution is 2.44. The van der Waals surface area contributed by atoms with Gasteiger partial charge in [0.25, 0.3) is 0 Å². The van der Waals surface area contributed by atoms with E-state index >= 15 is 0 Å². The Bertz CT molecular complexity index is 1290. The van der Waals surface area contributed by atoms with Gasteiger partial charge in [-0.15, -0.1) is 11.3 Å². The van der Waals surface area contributed by atoms with E-state index in [2.05, 4.69) is 29.5 Å². The van der Waals surface area contributed by atoms with Gasteiger partial charge in [0, 0.05) is 28.0 Å². The van der Waals surface area contributed by atoms with Gasteiger partial charge in [-0.1, -0.05) is 30.3 Å². The van der Waals surface area contributed by atoms with E-state index in [9.17, 15) is 14.4 Å². The Morgan fingerprint density at radius 1 is 1.11 bits per heavy atom. The molecule has 37 heavy (non-hydrogen) atoms. The Balaban J connectivity index is 1.39. The topological polar surface area (TPSA) is 112 Å². The van der Waals surface area contributed by atoms with Crippen molar-refractivity contribution in [3.8, 4) is 0 Å². The van der Waals surface area contributed by atoms with Crippen molar-refractivity contribution in [1.29, 1.82) is 0 Å². The third-order valence-corrected chi connectivity index (χ3v) is 7.82. The van der Waals surface area contributed by atoms with Crippen LogP contribution in [0.25, 0.3) is 0 Å². The second kappa shape index (κ2) is 11.1. The predicted molar refractivity (Wildman–Crippen MR) is 145 cm³/mol. The summed E-state index contributed by atoms with van der Waals surface area (Å²) < 4.78 is 0. The summed E-state index contributed by atoms with van der Waals surface area (Å²) in [6.45, 7) is 6.08. The van der Waals surface area contributed by atoms with Gasteiger partial charge in [-0.2, -0.15) is 0 Å². The molecule has 9 heteroatoms. The summed E-state index contributed by atoms with van der Waals surface area (Å²) in [6, 6.07) is 14.4. The Kier molecular flexibility index (Phi) is 7.92. The van der Waals surface area contributed by atoms with Crippen LogP contribution >= 0.6 is 11.3 Å². The first-order chi connectivity index (χ1) is 17.6. The first-order valence-electron chi connectivity index (χ1n) is 12.3. The zero-order chi connectivity index (χ0) is 26.6. The molecule has 2 heterocycles. The lowest BCUT2D eigenvalue weighted by Gasteiger charge is -2.35. The van der Waals surface area contributed by atoms with Crippen LogP contribution in [0.1, 0.15) is 60.2 Å². The van der Waals surface area contributed by atoms with Crippen molar-refractivity contribution >= 4 is 40.6 Å². The van der Waals surface area contributed by atoms with Gasteiger partial charge >= 0.3 is 12.0 Å². The van der Waals surface area contributed by atoms with Gasteiger partial charge in [-0.3, -0.25) is 9.59 Å². The third kappa shape index (κ3) is 6.54. The number of aliphatic carboxylic acids is 1. The molecule has 1 aromatic heterocycles. The molecular weight excluding hydrogens is 488 g/mol. The van der Waals surface area contributed by atoms with Crippen molar-refractivity contribution in [1.82, 2.24) is 9.88 Å². The van der Waals surface area contributed by atoms with Crippen LogP contribution < -0.4 is 10.6 Å². The van der Waals surface area contributed by atoms with Gasteiger partial charge in [-0.25, -0.2) is 9.78 Å². The summed E-state index contributed by atoms with van der Waals surface area (Å²) in [5, 5.41) is 15.5. The maximum Gasteiger partial charge on any atom is 0.323 e. The van der Waals surface area contributed by atoms with Crippen LogP contribution in [0.5, 0.6) is 0 Å². The van der Waals surface area contributed by atoms with Gasteiger partial charge in [0.1, 0.15) is 5.01 Å². The molecule has 1 aliphatic rings. The van der Waals surface area contributed by atoms with Crippen LogP contribution in [-0.2, 0) is 22.4 Å². The molecule has 1 fully saturated rings. The van der Waals surface area contributed by atoms with Crippen LogP contribution in [0.15, 0.2) is 54.7 Å². The number of nitrogens with one attached hydrogen (secondary N) is 2. The van der Waals surface area contributed by atoms with Crippen LogP contribution in [0, 0.1) is 6.92 Å². The minimum absolute atomic E-state index is 0.0211. The lowest BCUT2D eigenvalue weighted by atomic mass is 10.0. The highest BCUT2D eigenvalue weighted by molar-refractivity contribution is 7.11. The molecular formula is C28H32N4O4S. The maximum atomic E-state index is 13.5. The minimum atomic E-state index is -0.832. The molecule has 3 N–H and O–H groups in total. The quantitative estimate of drug-likeness (QED) is 0.348. The van der Waals surface area contributed by atoms with E-state index in [1.807, 2.05) is 48.2 Å². The largest absolute Gasteiger partial charge is 0.481 e. The second-order valence-electron chi connectivity index (χ2n) is 9.96. The van der Waals surface area contributed by atoms with Crippen molar-refractivity contribution in [3.63, 3.8) is 0 Å². The van der Waals surface area contributed by atoms with E-state index in [1.54, 1.807) is 18.3 Å². The predicted octanol–water partition coefficient (Wildman–Crippen LogP) is 5.80. The van der Waals surface area contributed by atoms with Gasteiger partial charge in [0.05, 0.1) is 18.9 Å². The molecule has 8 nitrogen and oxygen atoms in total. The number of carboxylic acid groups (broad SMARTS) is 1. The van der Waals surface area contributed by atoms with Crippen LogP contribution in [0.3, 0.4) is 0 Å². The second-order valence-corrected chi connectivity index (χ2v) is 11.1. The number of rotatable bonds is 8. The number of benzene rings is 2. The molecule has 0 saturated carbocycles. The van der Waals surface area contributed by atoms with Crippen molar-refractivity contribution in [2.24, 2.45) is 0 Å². The monoisotopic (exact) mass is 520 g/mol. The number of hydrogen-bond acceptors (Lipinski definition) is 5. The molecule has 1 aliphatic heterocycles. The summed E-state index contributed by atoms with van der Waals surface area (Å²) in [6.07, 6.45) is 4.18. The van der Waals surface area contributed by atoms with Crippen LogP contribution in [0.2, 0.25) is 0 Å². The molecule has 194 valence electrons. The number of aromatic nitrogens is 1. The molecule has 1 atom stereocenters. The van der Waals surface area contributed by atoms with Gasteiger partial charge in [-0.05, 0) is 69.4 Å². The molecule has 1 saturated heterocycles. The molecule has 0 bridgehead atoms. The van der Waals surface area contributed by atoms with Crippen LogP contribution in [-0.4, -0.2) is 38.4 Å². The number of carboxylic acids is 1. The standard InChI is InChI=1S/C28H32N4O4S/c1-18-6-4-5-7-22(18)31-27(36)30-20-10-8-19(9-11-20)16-24(33)32-23(14-15-28(32,2)3)26-29-17-21(37-26)12-13-25(34)35/h4-11,17,23H,12-16H2,1-3H3,(H,34,35)(H2,30,31,36). The van der Waals surface area contributed by atoms with E-state index in [0.29, 0.717) is 12.1 Å². The smallest absolute Gasteiger partial charge is 0.323 e. The number of carbonyl (C=O) groups excluding carboxylic acids is 2. The number of carbonyl (C=O) groups is 3. The van der Waals surface area contributed by atoms with Crippen LogP contribution in [0.4, 0.5) is 16.2 Å². The van der Waals surface area contributed by atoms with E-state index in [0.717, 1.165) is 39.5 Å². The summed E-state index contributed by atoms with van der Waals surface area (Å²) in [5.41, 5.74) is 2.92. The number of hydrogen-bond donors (Lipinski definition) is 3. The van der Waals surface area contributed by atoms with Gasteiger partial charge in [0.2, 0.25) is 5.91 Å². The zero-order valence-corrected chi connectivity index (χ0v) is 22.1. The number of nitrogens with zero attached hydrogens (tertiary/aromatic N) is 2. The Labute approximate surface area is 220 Å². The zero-order valence-electron chi connectivity index (χ0n) is 21.3. The maximum absolute atomic E-state index is 13.5.